The van der Waals surface area contributed by atoms with Crippen LogP contribution in [-0.4, -0.2) is 66.3 Å². The Morgan fingerprint density at radius 2 is 2.00 bits per heavy atom. The lowest BCUT2D eigenvalue weighted by Gasteiger charge is -2.32. The van der Waals surface area contributed by atoms with E-state index < -0.39 is 0 Å². The number of amides is 1. The zero-order chi connectivity index (χ0) is 15.7. The Labute approximate surface area is 131 Å². The molecule has 0 saturated carbocycles. The van der Waals surface area contributed by atoms with Gasteiger partial charge < -0.3 is 14.2 Å². The molecule has 6 heteroatoms. The number of hydrogen-bond acceptors (Lipinski definition) is 5. The zero-order valence-corrected chi connectivity index (χ0v) is 13.7. The van der Waals surface area contributed by atoms with E-state index in [0.29, 0.717) is 6.04 Å². The van der Waals surface area contributed by atoms with E-state index in [1.807, 2.05) is 25.7 Å². The van der Waals surface area contributed by atoms with Crippen LogP contribution in [-0.2, 0) is 9.53 Å². The van der Waals surface area contributed by atoms with Gasteiger partial charge in [-0.1, -0.05) is 5.16 Å². The maximum absolute atomic E-state index is 12.8. The summed E-state index contributed by atoms with van der Waals surface area (Å²) in [7, 11) is 0. The number of rotatable bonds is 3. The van der Waals surface area contributed by atoms with Gasteiger partial charge in [-0.05, 0) is 27.2 Å². The Bertz CT molecular complexity index is 517. The summed E-state index contributed by atoms with van der Waals surface area (Å²) < 4.78 is 10.6. The minimum atomic E-state index is -0.185. The number of aryl methyl sites for hydroxylation is 2. The van der Waals surface area contributed by atoms with Gasteiger partial charge >= 0.3 is 0 Å². The topological polar surface area (TPSA) is 58.8 Å². The van der Waals surface area contributed by atoms with Crippen molar-refractivity contribution in [1.29, 1.82) is 0 Å². The predicted molar refractivity (Wildman–Crippen MR) is 81.8 cm³/mol. The Balaban J connectivity index is 1.63. The summed E-state index contributed by atoms with van der Waals surface area (Å²) in [6.45, 7) is 11.0. The molecule has 6 nitrogen and oxygen atoms in total. The summed E-state index contributed by atoms with van der Waals surface area (Å²) in [6.07, 6.45) is 1.06. The van der Waals surface area contributed by atoms with Crippen molar-refractivity contribution < 1.29 is 14.1 Å². The van der Waals surface area contributed by atoms with E-state index in [-0.39, 0.29) is 11.8 Å². The van der Waals surface area contributed by atoms with Crippen molar-refractivity contribution in [3.63, 3.8) is 0 Å². The number of likely N-dealkylation sites (tertiary alicyclic amines) is 1. The molecule has 3 rings (SSSR count). The molecule has 0 radical (unpaired) electrons. The summed E-state index contributed by atoms with van der Waals surface area (Å²) in [6, 6.07) is 0.477. The number of ether oxygens (including phenoxy) is 1. The highest BCUT2D eigenvalue weighted by molar-refractivity contribution is 5.84. The summed E-state index contributed by atoms with van der Waals surface area (Å²) in [5.41, 5.74) is 1.77. The first-order chi connectivity index (χ1) is 10.6. The second-order valence-corrected chi connectivity index (χ2v) is 6.33. The molecular weight excluding hydrogens is 282 g/mol. The predicted octanol–water partition coefficient (Wildman–Crippen LogP) is 1.33. The standard InChI is InChI=1S/C16H25N3O3/c1-11(15-12(2)17-22-13(15)3)16(20)19-5-4-14(10-19)18-6-8-21-9-7-18/h11,14H,4-10H2,1-3H3/t11-,14-/m0/s1. The first kappa shape index (κ1) is 15.5. The second kappa shape index (κ2) is 6.38. The molecule has 2 saturated heterocycles. The van der Waals surface area contributed by atoms with Crippen LogP contribution in [0.25, 0.3) is 0 Å². The lowest BCUT2D eigenvalue weighted by molar-refractivity contribution is -0.131. The summed E-state index contributed by atoms with van der Waals surface area (Å²) in [4.78, 5) is 17.2. The molecule has 1 amide bonds. The normalized spacial score (nSPS) is 24.7. The molecule has 0 N–H and O–H groups in total. The molecular formula is C16H25N3O3. The number of hydrogen-bond donors (Lipinski definition) is 0. The van der Waals surface area contributed by atoms with Crippen molar-refractivity contribution in [3.8, 4) is 0 Å². The van der Waals surface area contributed by atoms with Crippen LogP contribution in [0.2, 0.25) is 0 Å². The van der Waals surface area contributed by atoms with Gasteiger partial charge in [0.2, 0.25) is 5.91 Å². The largest absolute Gasteiger partial charge is 0.379 e. The molecule has 2 aliphatic rings. The van der Waals surface area contributed by atoms with Gasteiger partial charge in [0.1, 0.15) is 5.76 Å². The third kappa shape index (κ3) is 2.90. The van der Waals surface area contributed by atoms with Gasteiger partial charge in [-0.15, -0.1) is 0 Å². The van der Waals surface area contributed by atoms with E-state index in [0.717, 1.165) is 62.8 Å². The number of carbonyl (C=O) groups is 1. The molecule has 2 fully saturated rings. The Hall–Kier alpha value is -1.40. The maximum atomic E-state index is 12.8. The van der Waals surface area contributed by atoms with E-state index in [4.69, 9.17) is 9.26 Å². The minimum Gasteiger partial charge on any atom is -0.379 e. The highest BCUT2D eigenvalue weighted by atomic mass is 16.5. The van der Waals surface area contributed by atoms with Crippen LogP contribution >= 0.6 is 0 Å². The van der Waals surface area contributed by atoms with Gasteiger partial charge in [-0.3, -0.25) is 9.69 Å². The first-order valence-electron chi connectivity index (χ1n) is 8.11. The van der Waals surface area contributed by atoms with Crippen molar-refractivity contribution in [3.05, 3.63) is 17.0 Å². The highest BCUT2D eigenvalue weighted by Crippen LogP contribution is 2.27. The van der Waals surface area contributed by atoms with Gasteiger partial charge in [0.25, 0.3) is 0 Å². The van der Waals surface area contributed by atoms with Crippen molar-refractivity contribution in [1.82, 2.24) is 15.0 Å². The molecule has 2 aliphatic heterocycles. The molecule has 2 atom stereocenters. The van der Waals surface area contributed by atoms with E-state index in [1.54, 1.807) is 0 Å². The Morgan fingerprint density at radius 3 is 2.64 bits per heavy atom. The van der Waals surface area contributed by atoms with Crippen LogP contribution in [0.15, 0.2) is 4.52 Å². The second-order valence-electron chi connectivity index (χ2n) is 6.33. The fourth-order valence-corrected chi connectivity index (χ4v) is 3.69. The number of carbonyl (C=O) groups excluding carboxylic acids is 1. The monoisotopic (exact) mass is 307 g/mol. The third-order valence-electron chi connectivity index (χ3n) is 4.93. The van der Waals surface area contributed by atoms with Gasteiger partial charge in [0.05, 0.1) is 24.8 Å². The van der Waals surface area contributed by atoms with Gasteiger partial charge in [0.15, 0.2) is 0 Å². The van der Waals surface area contributed by atoms with Gasteiger partial charge in [-0.2, -0.15) is 0 Å². The Kier molecular flexibility index (Phi) is 4.49. The molecule has 1 aromatic rings. The summed E-state index contributed by atoms with van der Waals surface area (Å²) in [5, 5.41) is 3.97. The Morgan fingerprint density at radius 1 is 1.27 bits per heavy atom. The molecule has 0 aliphatic carbocycles. The molecule has 0 aromatic carbocycles. The molecule has 0 unspecified atom stereocenters. The van der Waals surface area contributed by atoms with Crippen molar-refractivity contribution in [2.75, 3.05) is 39.4 Å². The SMILES string of the molecule is Cc1noc(C)c1[C@H](C)C(=O)N1CC[C@H](N2CCOCC2)C1. The van der Waals surface area contributed by atoms with Gasteiger partial charge in [-0.25, -0.2) is 0 Å². The zero-order valence-electron chi connectivity index (χ0n) is 13.7. The van der Waals surface area contributed by atoms with Gasteiger partial charge in [0, 0.05) is 37.8 Å². The first-order valence-corrected chi connectivity index (χ1v) is 8.11. The smallest absolute Gasteiger partial charge is 0.230 e. The fraction of sp³-hybridized carbons (Fsp3) is 0.750. The third-order valence-corrected chi connectivity index (χ3v) is 4.93. The molecule has 1 aromatic heterocycles. The number of nitrogens with zero attached hydrogens (tertiary/aromatic N) is 3. The lowest BCUT2D eigenvalue weighted by atomic mass is 9.98. The van der Waals surface area contributed by atoms with E-state index in [2.05, 4.69) is 10.1 Å². The molecule has 0 spiro atoms. The van der Waals surface area contributed by atoms with E-state index in [1.165, 1.54) is 0 Å². The fourth-order valence-electron chi connectivity index (χ4n) is 3.69. The van der Waals surface area contributed by atoms with Crippen molar-refractivity contribution in [2.45, 2.75) is 39.2 Å². The number of morpholine rings is 1. The molecule has 122 valence electrons. The molecule has 22 heavy (non-hydrogen) atoms. The summed E-state index contributed by atoms with van der Waals surface area (Å²) >= 11 is 0. The van der Waals surface area contributed by atoms with Crippen LogP contribution in [0.4, 0.5) is 0 Å². The van der Waals surface area contributed by atoms with Crippen LogP contribution in [0.1, 0.15) is 36.3 Å². The van der Waals surface area contributed by atoms with Crippen molar-refractivity contribution in [2.24, 2.45) is 0 Å². The van der Waals surface area contributed by atoms with E-state index in [9.17, 15) is 4.79 Å². The summed E-state index contributed by atoms with van der Waals surface area (Å²) in [5.74, 6) is 0.752. The average molecular weight is 307 g/mol. The highest BCUT2D eigenvalue weighted by Gasteiger charge is 2.34. The minimum absolute atomic E-state index is 0.185. The van der Waals surface area contributed by atoms with Crippen LogP contribution < -0.4 is 0 Å². The van der Waals surface area contributed by atoms with E-state index >= 15 is 0 Å². The number of aromatic nitrogens is 1. The van der Waals surface area contributed by atoms with Crippen LogP contribution in [0.3, 0.4) is 0 Å². The molecule has 3 heterocycles. The van der Waals surface area contributed by atoms with Crippen LogP contribution in [0, 0.1) is 13.8 Å². The maximum Gasteiger partial charge on any atom is 0.230 e. The quantitative estimate of drug-likeness (QED) is 0.843. The van der Waals surface area contributed by atoms with Crippen LogP contribution in [0.5, 0.6) is 0 Å². The average Bonchev–Trinajstić information content (AvgIpc) is 3.14. The van der Waals surface area contributed by atoms with Crippen molar-refractivity contribution >= 4 is 5.91 Å². The molecule has 0 bridgehead atoms. The lowest BCUT2D eigenvalue weighted by Crippen LogP contribution is -2.45.